The van der Waals surface area contributed by atoms with Crippen molar-refractivity contribution in [2.24, 2.45) is 0 Å². The highest BCUT2D eigenvalue weighted by Gasteiger charge is 2.33. The van der Waals surface area contributed by atoms with Crippen LogP contribution in [0.3, 0.4) is 0 Å². The van der Waals surface area contributed by atoms with Gasteiger partial charge in [0.15, 0.2) is 0 Å². The van der Waals surface area contributed by atoms with E-state index in [0.717, 1.165) is 34.9 Å². The van der Waals surface area contributed by atoms with Crippen LogP contribution in [0.15, 0.2) is 60.9 Å². The lowest BCUT2D eigenvalue weighted by Gasteiger charge is -2.31. The molecule has 0 fully saturated rings. The summed E-state index contributed by atoms with van der Waals surface area (Å²) in [5.74, 6) is 0. The molecule has 1 unspecified atom stereocenters. The Kier molecular flexibility index (Phi) is 5.38. The Hall–Kier alpha value is -1.94. The molecule has 2 aromatic carbocycles. The maximum atomic E-state index is 11.8. The van der Waals surface area contributed by atoms with Crippen molar-refractivity contribution in [3.8, 4) is 0 Å². The van der Waals surface area contributed by atoms with Crippen LogP contribution in [0.1, 0.15) is 24.0 Å². The van der Waals surface area contributed by atoms with E-state index in [1.165, 1.54) is 0 Å². The van der Waals surface area contributed by atoms with Gasteiger partial charge in [0.25, 0.3) is 0 Å². The highest BCUT2D eigenvalue weighted by atomic mass is 35.5. The number of benzene rings is 2. The van der Waals surface area contributed by atoms with Gasteiger partial charge in [0.05, 0.1) is 0 Å². The molecule has 3 aromatic rings. The van der Waals surface area contributed by atoms with Crippen molar-refractivity contribution in [1.82, 2.24) is 9.88 Å². The molecule has 0 saturated carbocycles. The van der Waals surface area contributed by atoms with Crippen LogP contribution in [0.2, 0.25) is 5.02 Å². The molecule has 0 radical (unpaired) electrons. The topological polar surface area (TPSA) is 36.4 Å². The predicted octanol–water partition coefficient (Wildman–Crippen LogP) is 4.47. The first kappa shape index (κ1) is 17.9. The highest BCUT2D eigenvalue weighted by Crippen LogP contribution is 2.39. The lowest BCUT2D eigenvalue weighted by atomic mass is 9.80. The Morgan fingerprint density at radius 2 is 1.68 bits per heavy atom. The van der Waals surface area contributed by atoms with E-state index < -0.39 is 5.60 Å². The molecule has 0 aliphatic carbocycles. The number of halogens is 1. The molecule has 130 valence electrons. The summed E-state index contributed by atoms with van der Waals surface area (Å²) in [6, 6.07) is 15.6. The Balaban J connectivity index is 2.14. The summed E-state index contributed by atoms with van der Waals surface area (Å²) in [7, 11) is 4.09. The van der Waals surface area contributed by atoms with Crippen molar-refractivity contribution in [2.75, 3.05) is 20.6 Å². The molecule has 1 N–H and O–H groups in total. The van der Waals surface area contributed by atoms with Crippen LogP contribution in [-0.4, -0.2) is 35.6 Å². The van der Waals surface area contributed by atoms with E-state index in [9.17, 15) is 5.11 Å². The maximum absolute atomic E-state index is 11.8. The van der Waals surface area contributed by atoms with E-state index in [1.54, 1.807) is 12.4 Å². The molecule has 3 rings (SSSR count). The minimum Gasteiger partial charge on any atom is -0.380 e. The van der Waals surface area contributed by atoms with Gasteiger partial charge in [-0.05, 0) is 68.2 Å². The lowest BCUT2D eigenvalue weighted by Crippen LogP contribution is -2.29. The second-order valence-corrected chi connectivity index (χ2v) is 7.05. The summed E-state index contributed by atoms with van der Waals surface area (Å²) >= 11 is 6.37. The van der Waals surface area contributed by atoms with Crippen LogP contribution < -0.4 is 0 Å². The quantitative estimate of drug-likeness (QED) is 0.709. The number of pyridine rings is 1. The molecule has 1 aromatic heterocycles. The second-order valence-electron chi connectivity index (χ2n) is 6.64. The van der Waals surface area contributed by atoms with Gasteiger partial charge in [-0.15, -0.1) is 0 Å². The first-order valence-corrected chi connectivity index (χ1v) is 8.85. The number of hydrogen-bond donors (Lipinski definition) is 1. The van der Waals surface area contributed by atoms with Crippen LogP contribution in [0.5, 0.6) is 0 Å². The summed E-state index contributed by atoms with van der Waals surface area (Å²) in [5.41, 5.74) is 0.662. The zero-order valence-electron chi connectivity index (χ0n) is 14.6. The standard InChI is InChI=1S/C21H23ClN2O/c1-24(2)15-5-12-21(25,16-10-13-23-14-11-16)19-8-9-20(22)18-7-4-3-6-17(18)19/h3-4,6-11,13-14,25H,5,12,15H2,1-2H3. The van der Waals surface area contributed by atoms with E-state index in [-0.39, 0.29) is 0 Å². The van der Waals surface area contributed by atoms with Gasteiger partial charge in [0.2, 0.25) is 0 Å². The summed E-state index contributed by atoms with van der Waals surface area (Å²) in [4.78, 5) is 6.23. The molecule has 4 heteroatoms. The Morgan fingerprint density at radius 1 is 1.00 bits per heavy atom. The fourth-order valence-electron chi connectivity index (χ4n) is 3.34. The van der Waals surface area contributed by atoms with Gasteiger partial charge in [0, 0.05) is 22.8 Å². The van der Waals surface area contributed by atoms with Crippen LogP contribution in [0.25, 0.3) is 10.8 Å². The molecule has 3 nitrogen and oxygen atoms in total. The van der Waals surface area contributed by atoms with E-state index >= 15 is 0 Å². The van der Waals surface area contributed by atoms with Gasteiger partial charge in [-0.1, -0.05) is 41.9 Å². The molecule has 1 atom stereocenters. The maximum Gasteiger partial charge on any atom is 0.115 e. The Labute approximate surface area is 153 Å². The monoisotopic (exact) mass is 354 g/mol. The van der Waals surface area contributed by atoms with E-state index in [0.29, 0.717) is 11.4 Å². The first-order valence-electron chi connectivity index (χ1n) is 8.48. The average Bonchev–Trinajstić information content (AvgIpc) is 2.62. The predicted molar refractivity (Wildman–Crippen MR) is 104 cm³/mol. The van der Waals surface area contributed by atoms with Crippen molar-refractivity contribution in [1.29, 1.82) is 0 Å². The molecule has 0 spiro atoms. The Bertz CT molecular complexity index is 851. The molecule has 0 bridgehead atoms. The average molecular weight is 355 g/mol. The molecule has 0 saturated heterocycles. The number of rotatable bonds is 6. The fraction of sp³-hybridized carbons (Fsp3) is 0.286. The minimum atomic E-state index is -1.08. The van der Waals surface area contributed by atoms with Gasteiger partial charge in [-0.3, -0.25) is 4.98 Å². The van der Waals surface area contributed by atoms with Crippen molar-refractivity contribution < 1.29 is 5.11 Å². The largest absolute Gasteiger partial charge is 0.380 e. The molecule has 0 aliphatic rings. The number of aromatic nitrogens is 1. The molecule has 0 aliphatic heterocycles. The highest BCUT2D eigenvalue weighted by molar-refractivity contribution is 6.35. The van der Waals surface area contributed by atoms with E-state index in [2.05, 4.69) is 9.88 Å². The van der Waals surface area contributed by atoms with Crippen LogP contribution >= 0.6 is 11.6 Å². The summed E-state index contributed by atoms with van der Waals surface area (Å²) in [6.45, 7) is 0.916. The number of hydrogen-bond acceptors (Lipinski definition) is 3. The van der Waals surface area contributed by atoms with Crippen LogP contribution in [0.4, 0.5) is 0 Å². The third-order valence-electron chi connectivity index (χ3n) is 4.62. The first-order chi connectivity index (χ1) is 12.0. The van der Waals surface area contributed by atoms with Gasteiger partial charge in [0.1, 0.15) is 5.60 Å². The van der Waals surface area contributed by atoms with Crippen LogP contribution in [-0.2, 0) is 5.60 Å². The number of nitrogens with zero attached hydrogens (tertiary/aromatic N) is 2. The minimum absolute atomic E-state index is 0.626. The normalized spacial score (nSPS) is 14.0. The molecular formula is C21H23ClN2O. The zero-order chi connectivity index (χ0) is 17.9. The molecular weight excluding hydrogens is 332 g/mol. The molecule has 1 heterocycles. The van der Waals surface area contributed by atoms with Gasteiger partial charge in [-0.2, -0.15) is 0 Å². The lowest BCUT2D eigenvalue weighted by molar-refractivity contribution is 0.0679. The number of aliphatic hydroxyl groups is 1. The summed E-state index contributed by atoms with van der Waals surface area (Å²) in [5, 5.41) is 14.4. The van der Waals surface area contributed by atoms with Gasteiger partial charge in [-0.25, -0.2) is 0 Å². The van der Waals surface area contributed by atoms with E-state index in [4.69, 9.17) is 11.6 Å². The fourth-order valence-corrected chi connectivity index (χ4v) is 3.56. The van der Waals surface area contributed by atoms with Gasteiger partial charge >= 0.3 is 0 Å². The number of fused-ring (bicyclic) bond motifs is 1. The smallest absolute Gasteiger partial charge is 0.115 e. The third-order valence-corrected chi connectivity index (χ3v) is 4.95. The van der Waals surface area contributed by atoms with Crippen molar-refractivity contribution in [2.45, 2.75) is 18.4 Å². The second kappa shape index (κ2) is 7.52. The Morgan fingerprint density at radius 3 is 2.36 bits per heavy atom. The van der Waals surface area contributed by atoms with Gasteiger partial charge < -0.3 is 10.0 Å². The molecule has 25 heavy (non-hydrogen) atoms. The third kappa shape index (κ3) is 3.69. The van der Waals surface area contributed by atoms with Crippen molar-refractivity contribution in [3.63, 3.8) is 0 Å². The SMILES string of the molecule is CN(C)CCCC(O)(c1ccncc1)c1ccc(Cl)c2ccccc12. The van der Waals surface area contributed by atoms with E-state index in [1.807, 2.05) is 62.6 Å². The summed E-state index contributed by atoms with van der Waals surface area (Å²) in [6.07, 6.45) is 4.96. The summed E-state index contributed by atoms with van der Waals surface area (Å²) < 4.78 is 0. The zero-order valence-corrected chi connectivity index (χ0v) is 15.4. The van der Waals surface area contributed by atoms with Crippen molar-refractivity contribution in [3.05, 3.63) is 77.1 Å². The molecule has 0 amide bonds. The van der Waals surface area contributed by atoms with Crippen molar-refractivity contribution >= 4 is 22.4 Å². The van der Waals surface area contributed by atoms with Crippen LogP contribution in [0, 0.1) is 0 Å².